The molecule has 0 radical (unpaired) electrons. The Hall–Kier alpha value is -1.22. The Morgan fingerprint density at radius 1 is 1.28 bits per heavy atom. The van der Waals surface area contributed by atoms with Gasteiger partial charge in [-0.05, 0) is 43.2 Å². The second-order valence-electron chi connectivity index (χ2n) is 5.62. The van der Waals surface area contributed by atoms with Gasteiger partial charge in [0.25, 0.3) is 0 Å². The van der Waals surface area contributed by atoms with Crippen molar-refractivity contribution < 1.29 is 9.63 Å². The summed E-state index contributed by atoms with van der Waals surface area (Å²) in [7, 11) is 0. The molecule has 94 valence electrons. The molecule has 2 bridgehead atoms. The van der Waals surface area contributed by atoms with Gasteiger partial charge in [-0.3, -0.25) is 0 Å². The van der Waals surface area contributed by atoms with Crippen LogP contribution in [0.25, 0.3) is 11.0 Å². The number of halogens is 1. The predicted octanol–water partition coefficient (Wildman–Crippen LogP) is 4.09. The first-order valence-corrected chi connectivity index (χ1v) is 6.88. The zero-order chi connectivity index (χ0) is 12.3. The van der Waals surface area contributed by atoms with Gasteiger partial charge in [-0.2, -0.15) is 0 Å². The summed E-state index contributed by atoms with van der Waals surface area (Å²) in [6.07, 6.45) is 5.25. The zero-order valence-electron chi connectivity index (χ0n) is 9.90. The highest BCUT2D eigenvalue weighted by Gasteiger charge is 2.42. The number of rotatable bonds is 1. The molecule has 2 aromatic rings. The lowest BCUT2D eigenvalue weighted by atomic mass is 9.85. The lowest BCUT2D eigenvalue weighted by molar-refractivity contribution is 0.381. The highest BCUT2D eigenvalue weighted by Crippen LogP contribution is 2.54. The van der Waals surface area contributed by atoms with Crippen LogP contribution in [-0.2, 0) is 0 Å². The van der Waals surface area contributed by atoms with E-state index in [1.54, 1.807) is 6.07 Å². The van der Waals surface area contributed by atoms with E-state index in [-0.39, 0.29) is 10.8 Å². The highest BCUT2D eigenvalue weighted by atomic mass is 35.5. The van der Waals surface area contributed by atoms with Gasteiger partial charge in [-0.1, -0.05) is 23.2 Å². The molecular formula is C14H14ClNO2. The molecule has 2 aliphatic rings. The summed E-state index contributed by atoms with van der Waals surface area (Å²) in [5, 5.41) is 15.0. The van der Waals surface area contributed by atoms with Gasteiger partial charge < -0.3 is 9.63 Å². The normalized spacial score (nSPS) is 30.4. The van der Waals surface area contributed by atoms with E-state index in [0.29, 0.717) is 11.5 Å². The lowest BCUT2D eigenvalue weighted by Crippen LogP contribution is -2.08. The minimum Gasteiger partial charge on any atom is -0.506 e. The van der Waals surface area contributed by atoms with E-state index in [1.807, 2.05) is 6.07 Å². The quantitative estimate of drug-likeness (QED) is 0.843. The Balaban J connectivity index is 1.84. The summed E-state index contributed by atoms with van der Waals surface area (Å²) in [6.45, 7) is 0. The topological polar surface area (TPSA) is 46.3 Å². The van der Waals surface area contributed by atoms with E-state index in [9.17, 15) is 5.11 Å². The van der Waals surface area contributed by atoms with Gasteiger partial charge in [0.1, 0.15) is 10.8 Å². The first kappa shape index (κ1) is 10.7. The van der Waals surface area contributed by atoms with Gasteiger partial charge in [0.2, 0.25) is 0 Å². The SMILES string of the molecule is Oc1ccc2c(C3CC4CCC3C4)noc2c1Cl. The number of nitrogens with zero attached hydrogens (tertiary/aromatic N) is 1. The minimum atomic E-state index is 0.0554. The maximum Gasteiger partial charge on any atom is 0.189 e. The Bertz CT molecular complexity index is 622. The van der Waals surface area contributed by atoms with Gasteiger partial charge in [0, 0.05) is 11.3 Å². The number of phenols is 1. The van der Waals surface area contributed by atoms with Gasteiger partial charge in [-0.25, -0.2) is 0 Å². The van der Waals surface area contributed by atoms with Crippen LogP contribution in [0.4, 0.5) is 0 Å². The minimum absolute atomic E-state index is 0.0554. The molecule has 1 heterocycles. The van der Waals surface area contributed by atoms with E-state index < -0.39 is 0 Å². The van der Waals surface area contributed by atoms with Crippen molar-refractivity contribution in [2.24, 2.45) is 11.8 Å². The molecule has 18 heavy (non-hydrogen) atoms. The maximum atomic E-state index is 9.58. The van der Waals surface area contributed by atoms with Crippen molar-refractivity contribution in [3.63, 3.8) is 0 Å². The second kappa shape index (κ2) is 3.64. The fraction of sp³-hybridized carbons (Fsp3) is 0.500. The molecule has 1 aromatic heterocycles. The Labute approximate surface area is 110 Å². The number of benzene rings is 1. The monoisotopic (exact) mass is 263 g/mol. The van der Waals surface area contributed by atoms with Crippen LogP contribution in [0.3, 0.4) is 0 Å². The van der Waals surface area contributed by atoms with Crippen molar-refractivity contribution >= 4 is 22.6 Å². The predicted molar refractivity (Wildman–Crippen MR) is 68.9 cm³/mol. The van der Waals surface area contributed by atoms with Crippen LogP contribution in [-0.4, -0.2) is 10.3 Å². The average Bonchev–Trinajstić information content (AvgIpc) is 3.07. The third-order valence-corrected chi connectivity index (χ3v) is 5.04. The first-order valence-electron chi connectivity index (χ1n) is 6.51. The second-order valence-corrected chi connectivity index (χ2v) is 6.00. The first-order chi connectivity index (χ1) is 8.74. The van der Waals surface area contributed by atoms with Crippen molar-refractivity contribution in [3.05, 3.63) is 22.8 Å². The molecule has 3 unspecified atom stereocenters. The highest BCUT2D eigenvalue weighted by molar-refractivity contribution is 6.36. The Morgan fingerprint density at radius 2 is 2.17 bits per heavy atom. The summed E-state index contributed by atoms with van der Waals surface area (Å²) in [5.74, 6) is 2.21. The number of hydrogen-bond donors (Lipinski definition) is 1. The Morgan fingerprint density at radius 3 is 2.89 bits per heavy atom. The lowest BCUT2D eigenvalue weighted by Gasteiger charge is -2.19. The molecule has 0 amide bonds. The van der Waals surface area contributed by atoms with Crippen molar-refractivity contribution in [3.8, 4) is 5.75 Å². The van der Waals surface area contributed by atoms with Crippen molar-refractivity contribution in [1.29, 1.82) is 0 Å². The largest absolute Gasteiger partial charge is 0.506 e. The molecule has 4 rings (SSSR count). The molecule has 2 saturated carbocycles. The average molecular weight is 264 g/mol. The van der Waals surface area contributed by atoms with Crippen LogP contribution < -0.4 is 0 Å². The molecule has 4 heteroatoms. The zero-order valence-corrected chi connectivity index (χ0v) is 10.7. The van der Waals surface area contributed by atoms with E-state index in [2.05, 4.69) is 5.16 Å². The Kier molecular flexibility index (Phi) is 2.16. The summed E-state index contributed by atoms with van der Waals surface area (Å²) in [4.78, 5) is 0. The van der Waals surface area contributed by atoms with Gasteiger partial charge in [-0.15, -0.1) is 0 Å². The molecule has 2 fully saturated rings. The summed E-state index contributed by atoms with van der Waals surface area (Å²) in [6, 6.07) is 3.49. The molecule has 0 aliphatic heterocycles. The summed E-state index contributed by atoms with van der Waals surface area (Å²) in [5.41, 5.74) is 1.56. The van der Waals surface area contributed by atoms with Gasteiger partial charge >= 0.3 is 0 Å². The third-order valence-electron chi connectivity index (χ3n) is 4.68. The van der Waals surface area contributed by atoms with Crippen molar-refractivity contribution in [2.45, 2.75) is 31.6 Å². The molecule has 3 atom stereocenters. The van der Waals surface area contributed by atoms with Crippen LogP contribution >= 0.6 is 11.6 Å². The summed E-state index contributed by atoms with van der Waals surface area (Å²) >= 11 is 6.04. The van der Waals surface area contributed by atoms with Crippen LogP contribution in [0.2, 0.25) is 5.02 Å². The van der Waals surface area contributed by atoms with Crippen molar-refractivity contribution in [2.75, 3.05) is 0 Å². The number of hydrogen-bond acceptors (Lipinski definition) is 3. The van der Waals surface area contributed by atoms with Crippen LogP contribution in [0.1, 0.15) is 37.3 Å². The molecular weight excluding hydrogens is 250 g/mol. The number of phenolic OH excluding ortho intramolecular Hbond substituents is 1. The van der Waals surface area contributed by atoms with E-state index in [4.69, 9.17) is 16.1 Å². The fourth-order valence-corrected chi connectivity index (χ4v) is 4.03. The molecule has 0 saturated heterocycles. The summed E-state index contributed by atoms with van der Waals surface area (Å²) < 4.78 is 5.34. The molecule has 1 N–H and O–H groups in total. The molecule has 1 aromatic carbocycles. The van der Waals surface area contributed by atoms with Crippen LogP contribution in [0, 0.1) is 11.8 Å². The number of aromatic hydroxyl groups is 1. The number of fused-ring (bicyclic) bond motifs is 3. The standard InChI is InChI=1S/C14H14ClNO2/c15-12-11(17)4-3-9-13(16-18-14(9)12)10-6-7-1-2-8(10)5-7/h3-4,7-8,10,17H,1-2,5-6H2. The smallest absolute Gasteiger partial charge is 0.189 e. The molecule has 2 aliphatic carbocycles. The third kappa shape index (κ3) is 1.34. The molecule has 3 nitrogen and oxygen atoms in total. The number of aromatic nitrogens is 1. The van der Waals surface area contributed by atoms with Crippen LogP contribution in [0.15, 0.2) is 16.7 Å². The van der Waals surface area contributed by atoms with Crippen molar-refractivity contribution in [1.82, 2.24) is 5.16 Å². The maximum absolute atomic E-state index is 9.58. The van der Waals surface area contributed by atoms with E-state index >= 15 is 0 Å². The molecule has 0 spiro atoms. The van der Waals surface area contributed by atoms with Gasteiger partial charge in [0.15, 0.2) is 5.58 Å². The van der Waals surface area contributed by atoms with Crippen LogP contribution in [0.5, 0.6) is 5.75 Å². The van der Waals surface area contributed by atoms with E-state index in [0.717, 1.165) is 22.9 Å². The van der Waals surface area contributed by atoms with Gasteiger partial charge in [0.05, 0.1) is 5.69 Å². The van der Waals surface area contributed by atoms with E-state index in [1.165, 1.54) is 25.7 Å². The fourth-order valence-electron chi connectivity index (χ4n) is 3.83.